The third-order valence-electron chi connectivity index (χ3n) is 3.30. The number of aromatic nitrogens is 2. The molecule has 0 aliphatic rings. The number of hydrogen-bond acceptors (Lipinski definition) is 2. The fourth-order valence-electron chi connectivity index (χ4n) is 1.98. The third kappa shape index (κ3) is 3.81. The van der Waals surface area contributed by atoms with E-state index < -0.39 is 0 Å². The van der Waals surface area contributed by atoms with E-state index in [1.165, 1.54) is 0 Å². The largest absolute Gasteiger partial charge is 0.393 e. The number of hydrogen-bond donors (Lipinski definition) is 1. The Balaban J connectivity index is 2.71. The first-order valence-corrected chi connectivity index (χ1v) is 7.17. The molecule has 0 aliphatic carbocycles. The second-order valence-corrected chi connectivity index (χ2v) is 5.58. The SMILES string of the molecule is CCc1nn(C)c(CC(O)CC(C)CC)c1Br. The quantitative estimate of drug-likeness (QED) is 0.877. The van der Waals surface area contributed by atoms with Crippen molar-refractivity contribution in [3.8, 4) is 0 Å². The van der Waals surface area contributed by atoms with E-state index in [1.54, 1.807) is 0 Å². The summed E-state index contributed by atoms with van der Waals surface area (Å²) in [5.74, 6) is 0.572. The first kappa shape index (κ1) is 14.7. The number of halogens is 1. The maximum atomic E-state index is 10.1. The molecule has 98 valence electrons. The van der Waals surface area contributed by atoms with Gasteiger partial charge in [-0.15, -0.1) is 0 Å². The summed E-state index contributed by atoms with van der Waals surface area (Å²) in [7, 11) is 1.94. The molecule has 1 aromatic rings. The van der Waals surface area contributed by atoms with Crippen molar-refractivity contribution in [3.63, 3.8) is 0 Å². The lowest BCUT2D eigenvalue weighted by molar-refractivity contribution is 0.142. The number of aliphatic hydroxyl groups is 1. The molecule has 2 atom stereocenters. The van der Waals surface area contributed by atoms with Crippen LogP contribution in [-0.4, -0.2) is 21.0 Å². The van der Waals surface area contributed by atoms with Gasteiger partial charge in [-0.3, -0.25) is 4.68 Å². The van der Waals surface area contributed by atoms with Crippen LogP contribution in [0.2, 0.25) is 0 Å². The maximum absolute atomic E-state index is 10.1. The lowest BCUT2D eigenvalue weighted by atomic mass is 9.98. The maximum Gasteiger partial charge on any atom is 0.0766 e. The van der Waals surface area contributed by atoms with Crippen molar-refractivity contribution in [2.75, 3.05) is 0 Å². The van der Waals surface area contributed by atoms with Gasteiger partial charge < -0.3 is 5.11 Å². The van der Waals surface area contributed by atoms with Crippen molar-refractivity contribution >= 4 is 15.9 Å². The van der Waals surface area contributed by atoms with Gasteiger partial charge in [0.2, 0.25) is 0 Å². The van der Waals surface area contributed by atoms with Crippen molar-refractivity contribution in [1.82, 2.24) is 9.78 Å². The Bertz CT molecular complexity index is 363. The molecule has 2 unspecified atom stereocenters. The molecular weight excluding hydrogens is 280 g/mol. The monoisotopic (exact) mass is 302 g/mol. The van der Waals surface area contributed by atoms with Gasteiger partial charge in [0.15, 0.2) is 0 Å². The smallest absolute Gasteiger partial charge is 0.0766 e. The summed E-state index contributed by atoms with van der Waals surface area (Å²) in [5, 5.41) is 14.5. The topological polar surface area (TPSA) is 38.0 Å². The Morgan fingerprint density at radius 3 is 2.53 bits per heavy atom. The molecular formula is C13H23BrN2O. The number of aliphatic hydroxyl groups excluding tert-OH is 1. The summed E-state index contributed by atoms with van der Waals surface area (Å²) in [4.78, 5) is 0. The van der Waals surface area contributed by atoms with Crippen LogP contribution in [0.4, 0.5) is 0 Å². The minimum Gasteiger partial charge on any atom is -0.393 e. The molecule has 0 aromatic carbocycles. The molecule has 1 heterocycles. The lowest BCUT2D eigenvalue weighted by Crippen LogP contribution is -2.16. The average Bonchev–Trinajstić information content (AvgIpc) is 2.56. The van der Waals surface area contributed by atoms with E-state index in [1.807, 2.05) is 11.7 Å². The summed E-state index contributed by atoms with van der Waals surface area (Å²) in [5.41, 5.74) is 2.16. The van der Waals surface area contributed by atoms with Gasteiger partial charge in [-0.1, -0.05) is 27.2 Å². The average molecular weight is 303 g/mol. The van der Waals surface area contributed by atoms with E-state index in [4.69, 9.17) is 0 Å². The van der Waals surface area contributed by atoms with E-state index in [2.05, 4.69) is 41.8 Å². The number of nitrogens with zero attached hydrogens (tertiary/aromatic N) is 2. The van der Waals surface area contributed by atoms with Crippen molar-refractivity contribution in [2.24, 2.45) is 13.0 Å². The zero-order chi connectivity index (χ0) is 13.0. The molecule has 0 amide bonds. The van der Waals surface area contributed by atoms with Crippen molar-refractivity contribution in [1.29, 1.82) is 0 Å². The summed E-state index contributed by atoms with van der Waals surface area (Å²) in [6, 6.07) is 0. The van der Waals surface area contributed by atoms with Gasteiger partial charge >= 0.3 is 0 Å². The van der Waals surface area contributed by atoms with Gasteiger partial charge in [0, 0.05) is 13.5 Å². The molecule has 0 spiro atoms. The first-order valence-electron chi connectivity index (χ1n) is 6.37. The highest BCUT2D eigenvalue weighted by Gasteiger charge is 2.17. The van der Waals surface area contributed by atoms with E-state index in [0.29, 0.717) is 12.3 Å². The van der Waals surface area contributed by atoms with Crippen LogP contribution in [0.15, 0.2) is 4.47 Å². The number of aryl methyl sites for hydroxylation is 2. The van der Waals surface area contributed by atoms with Crippen molar-refractivity contribution in [2.45, 2.75) is 52.6 Å². The summed E-state index contributed by atoms with van der Waals surface area (Å²) >= 11 is 3.58. The highest BCUT2D eigenvalue weighted by molar-refractivity contribution is 9.10. The van der Waals surface area contributed by atoms with Gasteiger partial charge in [-0.25, -0.2) is 0 Å². The van der Waals surface area contributed by atoms with Crippen LogP contribution < -0.4 is 0 Å². The van der Waals surface area contributed by atoms with Crippen LogP contribution in [0, 0.1) is 5.92 Å². The van der Waals surface area contributed by atoms with Gasteiger partial charge in [-0.2, -0.15) is 5.10 Å². The van der Waals surface area contributed by atoms with E-state index >= 15 is 0 Å². The zero-order valence-electron chi connectivity index (χ0n) is 11.2. The Morgan fingerprint density at radius 2 is 2.06 bits per heavy atom. The summed E-state index contributed by atoms with van der Waals surface area (Å²) in [6.45, 7) is 6.43. The molecule has 3 nitrogen and oxygen atoms in total. The van der Waals surface area contributed by atoms with Gasteiger partial charge in [0.1, 0.15) is 0 Å². The van der Waals surface area contributed by atoms with Crippen LogP contribution in [0.25, 0.3) is 0 Å². The van der Waals surface area contributed by atoms with Gasteiger partial charge in [0.25, 0.3) is 0 Å². The second kappa shape index (κ2) is 6.55. The molecule has 1 rings (SSSR count). The Morgan fingerprint density at radius 1 is 1.41 bits per heavy atom. The van der Waals surface area contributed by atoms with Crippen LogP contribution in [0.5, 0.6) is 0 Å². The predicted molar refractivity (Wildman–Crippen MR) is 74.1 cm³/mol. The van der Waals surface area contributed by atoms with Crippen LogP contribution in [-0.2, 0) is 19.9 Å². The Labute approximate surface area is 112 Å². The van der Waals surface area contributed by atoms with E-state index in [-0.39, 0.29) is 6.10 Å². The third-order valence-corrected chi connectivity index (χ3v) is 4.22. The molecule has 4 heteroatoms. The van der Waals surface area contributed by atoms with Crippen LogP contribution in [0.3, 0.4) is 0 Å². The highest BCUT2D eigenvalue weighted by atomic mass is 79.9. The zero-order valence-corrected chi connectivity index (χ0v) is 12.8. The van der Waals surface area contributed by atoms with Crippen LogP contribution in [0.1, 0.15) is 45.0 Å². The molecule has 1 N–H and O–H groups in total. The lowest BCUT2D eigenvalue weighted by Gasteiger charge is -2.15. The van der Waals surface area contributed by atoms with Crippen molar-refractivity contribution < 1.29 is 5.11 Å². The molecule has 0 bridgehead atoms. The fraction of sp³-hybridized carbons (Fsp3) is 0.769. The first-order chi connectivity index (χ1) is 7.99. The van der Waals surface area contributed by atoms with Crippen molar-refractivity contribution in [3.05, 3.63) is 15.9 Å². The van der Waals surface area contributed by atoms with Crippen LogP contribution >= 0.6 is 15.9 Å². The Hall–Kier alpha value is -0.350. The van der Waals surface area contributed by atoms with E-state index in [9.17, 15) is 5.11 Å². The van der Waals surface area contributed by atoms with Gasteiger partial charge in [-0.05, 0) is 34.7 Å². The number of rotatable bonds is 6. The molecule has 0 saturated heterocycles. The molecule has 17 heavy (non-hydrogen) atoms. The summed E-state index contributed by atoms with van der Waals surface area (Å²) < 4.78 is 2.94. The standard InChI is InChI=1S/C13H23BrN2O/c1-5-9(3)7-10(17)8-12-13(14)11(6-2)15-16(12)4/h9-10,17H,5-8H2,1-4H3. The normalized spacial score (nSPS) is 14.9. The van der Waals surface area contributed by atoms with Gasteiger partial charge in [0.05, 0.1) is 22.0 Å². The predicted octanol–water partition coefficient (Wildman–Crippen LogP) is 3.08. The minimum absolute atomic E-state index is 0.277. The Kier molecular flexibility index (Phi) is 5.67. The molecule has 0 fully saturated rings. The fourth-order valence-corrected chi connectivity index (χ4v) is 2.76. The summed E-state index contributed by atoms with van der Waals surface area (Å²) in [6.07, 6.45) is 3.28. The molecule has 1 aromatic heterocycles. The molecule has 0 saturated carbocycles. The highest BCUT2D eigenvalue weighted by Crippen LogP contribution is 2.24. The molecule has 0 aliphatic heterocycles. The molecule has 0 radical (unpaired) electrons. The second-order valence-electron chi connectivity index (χ2n) is 4.79. The minimum atomic E-state index is -0.277. The van der Waals surface area contributed by atoms with E-state index in [0.717, 1.165) is 35.1 Å².